The molecule has 1 aromatic rings. The van der Waals surface area contributed by atoms with E-state index in [2.05, 4.69) is 31.9 Å². The number of aliphatic hydroxyl groups is 1. The molecule has 1 N–H and O–H groups in total. The van der Waals surface area contributed by atoms with Crippen molar-refractivity contribution in [2.45, 2.75) is 55.7 Å². The predicted molar refractivity (Wildman–Crippen MR) is 151 cm³/mol. The van der Waals surface area contributed by atoms with Crippen molar-refractivity contribution < 1.29 is 24.2 Å². The van der Waals surface area contributed by atoms with Crippen LogP contribution in [0.15, 0.2) is 49.6 Å². The van der Waals surface area contributed by atoms with E-state index >= 15 is 0 Å². The standard InChI is InChI=1S/C29H39N3O5S/c1-6-16-31(21-12-10-20(11-13-21)30(8-3)9-4)27(35)25-29-15-14-22(38-29)23(28(36)37-17-7-2)24(29)26(34)32(25)19(5)18-33/h6-7,10-13,19,22-25,33H,1-2,8-9,14-18H2,3-5H3/t19-,22-,23+,24+,25?,29?/m1/s1. The highest BCUT2D eigenvalue weighted by molar-refractivity contribution is 8.02. The van der Waals surface area contributed by atoms with Crippen LogP contribution in [0.4, 0.5) is 11.4 Å². The van der Waals surface area contributed by atoms with Gasteiger partial charge in [0.2, 0.25) is 5.91 Å². The number of thioether (sulfide) groups is 1. The van der Waals surface area contributed by atoms with Crippen LogP contribution in [0.2, 0.25) is 0 Å². The van der Waals surface area contributed by atoms with Crippen LogP contribution in [0.1, 0.15) is 33.6 Å². The summed E-state index contributed by atoms with van der Waals surface area (Å²) in [5.41, 5.74) is 1.79. The third-order valence-corrected chi connectivity index (χ3v) is 10.1. The van der Waals surface area contributed by atoms with Gasteiger partial charge in [-0.3, -0.25) is 14.4 Å². The molecule has 2 bridgehead atoms. The number of carbonyl (C=O) groups excluding carboxylic acids is 3. The molecule has 9 heteroatoms. The Morgan fingerprint density at radius 3 is 2.45 bits per heavy atom. The van der Waals surface area contributed by atoms with Gasteiger partial charge in [-0.15, -0.1) is 18.3 Å². The summed E-state index contributed by atoms with van der Waals surface area (Å²) >= 11 is 1.58. The molecule has 3 fully saturated rings. The number of hydrogen-bond acceptors (Lipinski definition) is 7. The number of amides is 2. The first-order valence-electron chi connectivity index (χ1n) is 13.4. The van der Waals surface area contributed by atoms with Gasteiger partial charge in [-0.1, -0.05) is 18.7 Å². The van der Waals surface area contributed by atoms with Crippen molar-refractivity contribution in [3.8, 4) is 0 Å². The zero-order valence-corrected chi connectivity index (χ0v) is 23.4. The number of rotatable bonds is 12. The molecule has 3 aliphatic rings. The van der Waals surface area contributed by atoms with Gasteiger partial charge in [0.25, 0.3) is 5.91 Å². The Hall–Kier alpha value is -2.78. The highest BCUT2D eigenvalue weighted by atomic mass is 32.2. The van der Waals surface area contributed by atoms with Crippen LogP contribution in [-0.4, -0.2) is 82.7 Å². The zero-order valence-electron chi connectivity index (χ0n) is 22.5. The maximum absolute atomic E-state index is 14.5. The second-order valence-electron chi connectivity index (χ2n) is 10.2. The van der Waals surface area contributed by atoms with Gasteiger partial charge in [0.15, 0.2) is 0 Å². The fourth-order valence-corrected chi connectivity index (χ4v) is 8.66. The summed E-state index contributed by atoms with van der Waals surface area (Å²) < 4.78 is 4.65. The molecule has 0 saturated carbocycles. The van der Waals surface area contributed by atoms with Crippen molar-refractivity contribution in [2.24, 2.45) is 11.8 Å². The van der Waals surface area contributed by atoms with Gasteiger partial charge >= 0.3 is 5.97 Å². The number of esters is 1. The van der Waals surface area contributed by atoms with Crippen molar-refractivity contribution in [1.29, 1.82) is 0 Å². The number of aliphatic hydroxyl groups excluding tert-OH is 1. The van der Waals surface area contributed by atoms with Crippen LogP contribution in [0.25, 0.3) is 0 Å². The normalized spacial score (nSPS) is 28.1. The van der Waals surface area contributed by atoms with E-state index in [0.29, 0.717) is 12.1 Å². The average Bonchev–Trinajstić information content (AvgIpc) is 3.58. The smallest absolute Gasteiger partial charge is 0.311 e. The first-order valence-corrected chi connectivity index (χ1v) is 14.3. The number of nitrogens with zero attached hydrogens (tertiary/aromatic N) is 3. The molecule has 3 aliphatic heterocycles. The highest BCUT2D eigenvalue weighted by Crippen LogP contribution is 2.67. The Morgan fingerprint density at radius 1 is 1.21 bits per heavy atom. The fraction of sp³-hybridized carbons (Fsp3) is 0.552. The molecule has 1 spiro atoms. The van der Waals surface area contributed by atoms with E-state index in [0.717, 1.165) is 25.2 Å². The van der Waals surface area contributed by atoms with E-state index in [-0.39, 0.29) is 36.8 Å². The Labute approximate surface area is 229 Å². The quantitative estimate of drug-likeness (QED) is 0.321. The van der Waals surface area contributed by atoms with Gasteiger partial charge in [-0.05, 0) is 57.9 Å². The van der Waals surface area contributed by atoms with Crippen molar-refractivity contribution in [1.82, 2.24) is 4.90 Å². The van der Waals surface area contributed by atoms with Gasteiger partial charge in [-0.2, -0.15) is 0 Å². The number of ether oxygens (including phenoxy) is 1. The molecule has 8 nitrogen and oxygen atoms in total. The lowest BCUT2D eigenvalue weighted by Gasteiger charge is -2.39. The second kappa shape index (κ2) is 11.5. The maximum Gasteiger partial charge on any atom is 0.311 e. The first-order chi connectivity index (χ1) is 18.3. The van der Waals surface area contributed by atoms with E-state index < -0.39 is 34.6 Å². The zero-order chi connectivity index (χ0) is 27.6. The van der Waals surface area contributed by atoms with Crippen LogP contribution < -0.4 is 9.80 Å². The summed E-state index contributed by atoms with van der Waals surface area (Å²) in [6, 6.07) is 6.48. The fourth-order valence-electron chi connectivity index (χ4n) is 6.47. The average molecular weight is 542 g/mol. The molecule has 1 aromatic carbocycles. The van der Waals surface area contributed by atoms with Crippen molar-refractivity contribution in [3.05, 3.63) is 49.6 Å². The molecule has 3 heterocycles. The summed E-state index contributed by atoms with van der Waals surface area (Å²) in [7, 11) is 0. The summed E-state index contributed by atoms with van der Waals surface area (Å²) in [5.74, 6) is -2.17. The monoisotopic (exact) mass is 541 g/mol. The minimum Gasteiger partial charge on any atom is -0.461 e. The number of carbonyl (C=O) groups is 3. The molecule has 0 aromatic heterocycles. The van der Waals surface area contributed by atoms with E-state index in [4.69, 9.17) is 4.74 Å². The first kappa shape index (κ1) is 28.2. The van der Waals surface area contributed by atoms with E-state index in [1.165, 1.54) is 11.0 Å². The largest absolute Gasteiger partial charge is 0.461 e. The third-order valence-electron chi connectivity index (χ3n) is 8.19. The lowest BCUT2D eigenvalue weighted by Crippen LogP contribution is -2.57. The lowest BCUT2D eigenvalue weighted by molar-refractivity contribution is -0.153. The molecular formula is C29H39N3O5S. The molecule has 0 aliphatic carbocycles. The van der Waals surface area contributed by atoms with Gasteiger partial charge in [-0.25, -0.2) is 0 Å². The van der Waals surface area contributed by atoms with Crippen LogP contribution >= 0.6 is 11.8 Å². The summed E-state index contributed by atoms with van der Waals surface area (Å²) in [5, 5.41) is 9.99. The molecule has 38 heavy (non-hydrogen) atoms. The summed E-state index contributed by atoms with van der Waals surface area (Å²) in [4.78, 5) is 46.9. The number of likely N-dealkylation sites (tertiary alicyclic amines) is 1. The molecule has 0 radical (unpaired) electrons. The lowest BCUT2D eigenvalue weighted by atomic mass is 9.71. The minimum atomic E-state index is -0.809. The molecule has 2 amide bonds. The SMILES string of the molecule is C=CCOC(=O)[C@@H]1[C@H]2C(=O)N([C@H](C)CO)C(C(=O)N(CC=C)c3ccc(N(CC)CC)cc3)C23CC[C@H]1S3. The molecule has 206 valence electrons. The number of benzene rings is 1. The Bertz CT molecular complexity index is 1070. The molecule has 3 saturated heterocycles. The van der Waals surface area contributed by atoms with Gasteiger partial charge in [0.05, 0.1) is 29.2 Å². The Kier molecular flexibility index (Phi) is 8.57. The molecular weight excluding hydrogens is 502 g/mol. The second-order valence-corrected chi connectivity index (χ2v) is 11.8. The molecule has 2 unspecified atom stereocenters. The third kappa shape index (κ3) is 4.53. The van der Waals surface area contributed by atoms with E-state index in [9.17, 15) is 19.5 Å². The predicted octanol–water partition coefficient (Wildman–Crippen LogP) is 3.25. The summed E-state index contributed by atoms with van der Waals surface area (Å²) in [6.45, 7) is 15.3. The van der Waals surface area contributed by atoms with Crippen molar-refractivity contribution in [2.75, 3.05) is 42.6 Å². The molecule has 6 atom stereocenters. The molecule has 4 rings (SSSR count). The maximum atomic E-state index is 14.5. The topological polar surface area (TPSA) is 90.4 Å². The summed E-state index contributed by atoms with van der Waals surface area (Å²) in [6.07, 6.45) is 4.57. The van der Waals surface area contributed by atoms with Crippen LogP contribution in [0.5, 0.6) is 0 Å². The Balaban J connectivity index is 1.73. The Morgan fingerprint density at radius 2 is 1.87 bits per heavy atom. The van der Waals surface area contributed by atoms with Crippen LogP contribution in [-0.2, 0) is 19.1 Å². The number of fused-ring (bicyclic) bond motifs is 1. The number of anilines is 2. The van der Waals surface area contributed by atoms with Gasteiger partial charge in [0.1, 0.15) is 12.6 Å². The van der Waals surface area contributed by atoms with Crippen LogP contribution in [0.3, 0.4) is 0 Å². The van der Waals surface area contributed by atoms with E-state index in [1.807, 2.05) is 24.3 Å². The van der Waals surface area contributed by atoms with Crippen molar-refractivity contribution >= 4 is 40.9 Å². The minimum absolute atomic E-state index is 0.0793. The van der Waals surface area contributed by atoms with Crippen LogP contribution in [0, 0.1) is 11.8 Å². The van der Waals surface area contributed by atoms with Crippen molar-refractivity contribution in [3.63, 3.8) is 0 Å². The van der Waals surface area contributed by atoms with E-state index in [1.54, 1.807) is 29.7 Å². The van der Waals surface area contributed by atoms with Gasteiger partial charge < -0.3 is 24.5 Å². The van der Waals surface area contributed by atoms with Gasteiger partial charge in [0, 0.05) is 36.3 Å². The number of hydrogen-bond donors (Lipinski definition) is 1. The highest BCUT2D eigenvalue weighted by Gasteiger charge is 2.74.